The lowest BCUT2D eigenvalue weighted by atomic mass is 10.1. The maximum absolute atomic E-state index is 11.6. The quantitative estimate of drug-likeness (QED) is 0.756. The van der Waals surface area contributed by atoms with Crippen LogP contribution in [0.2, 0.25) is 0 Å². The summed E-state index contributed by atoms with van der Waals surface area (Å²) in [6.45, 7) is 1.85. The van der Waals surface area contributed by atoms with Gasteiger partial charge < -0.3 is 4.74 Å². The third-order valence-corrected chi connectivity index (χ3v) is 3.20. The zero-order valence-corrected chi connectivity index (χ0v) is 11.6. The second-order valence-electron chi connectivity index (χ2n) is 3.83. The van der Waals surface area contributed by atoms with Crippen molar-refractivity contribution < 1.29 is 9.53 Å². The number of hydrogen-bond acceptors (Lipinski definition) is 2. The highest BCUT2D eigenvalue weighted by Crippen LogP contribution is 2.27. The molecule has 0 aliphatic heterocycles. The number of carbonyl (C=O) groups excluding carboxylic acids is 1. The van der Waals surface area contributed by atoms with E-state index < -0.39 is 0 Å². The van der Waals surface area contributed by atoms with Gasteiger partial charge in [-0.3, -0.25) is 4.79 Å². The maximum Gasteiger partial charge on any atom is 0.163 e. The molecule has 0 atom stereocenters. The Labute approximate surface area is 115 Å². The lowest BCUT2D eigenvalue weighted by molar-refractivity contribution is 0.0987. The van der Waals surface area contributed by atoms with Crippen LogP contribution in [-0.2, 0) is 0 Å². The topological polar surface area (TPSA) is 26.3 Å². The molecule has 2 rings (SSSR count). The smallest absolute Gasteiger partial charge is 0.163 e. The van der Waals surface area contributed by atoms with Gasteiger partial charge in [0.05, 0.1) is 0 Å². The minimum atomic E-state index is 0.119. The van der Waals surface area contributed by atoms with Gasteiger partial charge in [0.2, 0.25) is 0 Å². The minimum Gasteiger partial charge on any atom is -0.457 e. The third kappa shape index (κ3) is 2.99. The Morgan fingerprint density at radius 3 is 2.44 bits per heavy atom. The molecular formula is C15H13BrO2. The molecule has 3 heteroatoms. The molecule has 0 spiro atoms. The molecule has 18 heavy (non-hydrogen) atoms. The fourth-order valence-electron chi connectivity index (χ4n) is 1.60. The van der Waals surface area contributed by atoms with Gasteiger partial charge in [-0.2, -0.15) is 0 Å². The number of rotatable bonds is 4. The summed E-state index contributed by atoms with van der Waals surface area (Å²) in [6, 6.07) is 15.0. The Bertz CT molecular complexity index is 550. The largest absolute Gasteiger partial charge is 0.457 e. The highest BCUT2D eigenvalue weighted by molar-refractivity contribution is 9.10. The molecule has 0 amide bonds. The molecule has 2 nitrogen and oxygen atoms in total. The van der Waals surface area contributed by atoms with E-state index in [-0.39, 0.29) is 5.78 Å². The Balaban J connectivity index is 2.22. The van der Waals surface area contributed by atoms with Crippen LogP contribution in [0.5, 0.6) is 11.5 Å². The predicted octanol–water partition coefficient (Wildman–Crippen LogP) is 4.83. The van der Waals surface area contributed by atoms with Gasteiger partial charge in [-0.15, -0.1) is 0 Å². The van der Waals surface area contributed by atoms with Gasteiger partial charge in [-0.1, -0.05) is 25.1 Å². The van der Waals surface area contributed by atoms with E-state index in [1.807, 2.05) is 43.3 Å². The summed E-state index contributed by atoms with van der Waals surface area (Å²) in [5, 5.41) is 0. The van der Waals surface area contributed by atoms with E-state index in [0.29, 0.717) is 17.7 Å². The van der Waals surface area contributed by atoms with Gasteiger partial charge in [0, 0.05) is 16.5 Å². The average Bonchev–Trinajstić information content (AvgIpc) is 2.39. The van der Waals surface area contributed by atoms with Crippen LogP contribution in [0.1, 0.15) is 23.7 Å². The van der Waals surface area contributed by atoms with Crippen LogP contribution in [0.25, 0.3) is 0 Å². The minimum absolute atomic E-state index is 0.119. The zero-order chi connectivity index (χ0) is 13.0. The first-order valence-corrected chi connectivity index (χ1v) is 6.55. The fraction of sp³-hybridized carbons (Fsp3) is 0.133. The van der Waals surface area contributed by atoms with Gasteiger partial charge >= 0.3 is 0 Å². The monoisotopic (exact) mass is 304 g/mol. The van der Waals surface area contributed by atoms with E-state index in [9.17, 15) is 4.79 Å². The van der Waals surface area contributed by atoms with Crippen molar-refractivity contribution in [2.75, 3.05) is 0 Å². The van der Waals surface area contributed by atoms with Crippen molar-refractivity contribution in [2.24, 2.45) is 0 Å². The molecule has 0 aliphatic rings. The van der Waals surface area contributed by atoms with Crippen LogP contribution in [0.3, 0.4) is 0 Å². The van der Waals surface area contributed by atoms with Gasteiger partial charge in [0.15, 0.2) is 5.78 Å². The molecule has 2 aromatic rings. The third-order valence-electron chi connectivity index (χ3n) is 2.54. The number of para-hydroxylation sites is 1. The van der Waals surface area contributed by atoms with Crippen LogP contribution in [0.15, 0.2) is 53.0 Å². The molecular weight excluding hydrogens is 292 g/mol. The molecule has 0 aromatic heterocycles. The lowest BCUT2D eigenvalue weighted by Crippen LogP contribution is -1.97. The first-order valence-electron chi connectivity index (χ1n) is 5.76. The van der Waals surface area contributed by atoms with Crippen LogP contribution in [-0.4, -0.2) is 5.78 Å². The van der Waals surface area contributed by atoms with Crippen molar-refractivity contribution in [3.8, 4) is 11.5 Å². The summed E-state index contributed by atoms with van der Waals surface area (Å²) in [6.07, 6.45) is 0.498. The van der Waals surface area contributed by atoms with Crippen molar-refractivity contribution in [3.05, 3.63) is 58.6 Å². The number of benzene rings is 2. The number of Topliss-reactive ketones (excluding diaryl/α,β-unsaturated/α-hetero) is 1. The molecule has 92 valence electrons. The maximum atomic E-state index is 11.6. The van der Waals surface area contributed by atoms with Crippen molar-refractivity contribution in [1.29, 1.82) is 0 Å². The fourth-order valence-corrected chi connectivity index (χ4v) is 2.18. The molecule has 0 heterocycles. The Kier molecular flexibility index (Phi) is 4.15. The Hall–Kier alpha value is -1.61. The number of carbonyl (C=O) groups is 1. The van der Waals surface area contributed by atoms with Crippen LogP contribution in [0, 0.1) is 0 Å². The second-order valence-corrected chi connectivity index (χ2v) is 4.69. The summed E-state index contributed by atoms with van der Waals surface area (Å²) in [5.74, 6) is 1.60. The summed E-state index contributed by atoms with van der Waals surface area (Å²) in [4.78, 5) is 11.6. The van der Waals surface area contributed by atoms with Crippen molar-refractivity contribution in [1.82, 2.24) is 0 Å². The number of ether oxygens (including phenoxy) is 1. The van der Waals surface area contributed by atoms with Gasteiger partial charge in [-0.05, 0) is 46.3 Å². The van der Waals surface area contributed by atoms with Crippen LogP contribution in [0.4, 0.5) is 0 Å². The molecule has 0 fully saturated rings. The first kappa shape index (κ1) is 12.8. The predicted molar refractivity (Wildman–Crippen MR) is 75.3 cm³/mol. The zero-order valence-electron chi connectivity index (χ0n) is 10.0. The van der Waals surface area contributed by atoms with Gasteiger partial charge in [0.1, 0.15) is 11.5 Å². The first-order chi connectivity index (χ1) is 8.70. The highest BCUT2D eigenvalue weighted by Gasteiger charge is 2.09. The van der Waals surface area contributed by atoms with Gasteiger partial charge in [0.25, 0.3) is 0 Å². The molecule has 0 saturated carbocycles. The van der Waals surface area contributed by atoms with Crippen molar-refractivity contribution in [3.63, 3.8) is 0 Å². The molecule has 0 bridgehead atoms. The molecule has 0 unspecified atom stereocenters. The van der Waals surface area contributed by atoms with Crippen molar-refractivity contribution in [2.45, 2.75) is 13.3 Å². The number of ketones is 1. The summed E-state index contributed by atoms with van der Waals surface area (Å²) in [7, 11) is 0. The van der Waals surface area contributed by atoms with E-state index >= 15 is 0 Å². The standard InChI is InChI=1S/C15H13BrO2/c1-2-15(17)13-9-8-12(10-14(13)16)18-11-6-4-3-5-7-11/h3-10H,2H2,1H3. The lowest BCUT2D eigenvalue weighted by Gasteiger charge is -2.08. The summed E-state index contributed by atoms with van der Waals surface area (Å²) < 4.78 is 6.45. The number of hydrogen-bond donors (Lipinski definition) is 0. The second kappa shape index (κ2) is 5.83. The van der Waals surface area contributed by atoms with E-state index in [0.717, 1.165) is 10.2 Å². The Morgan fingerprint density at radius 2 is 1.83 bits per heavy atom. The van der Waals surface area contributed by atoms with E-state index in [4.69, 9.17) is 4.74 Å². The number of halogens is 1. The highest BCUT2D eigenvalue weighted by atomic mass is 79.9. The molecule has 0 aliphatic carbocycles. The summed E-state index contributed by atoms with van der Waals surface area (Å²) in [5.41, 5.74) is 0.693. The van der Waals surface area contributed by atoms with Gasteiger partial charge in [-0.25, -0.2) is 0 Å². The molecule has 0 saturated heterocycles. The Morgan fingerprint density at radius 1 is 1.11 bits per heavy atom. The molecule has 0 radical (unpaired) electrons. The molecule has 2 aromatic carbocycles. The van der Waals surface area contributed by atoms with Crippen LogP contribution >= 0.6 is 15.9 Å². The normalized spacial score (nSPS) is 10.1. The van der Waals surface area contributed by atoms with E-state index in [2.05, 4.69) is 15.9 Å². The SMILES string of the molecule is CCC(=O)c1ccc(Oc2ccccc2)cc1Br. The van der Waals surface area contributed by atoms with Crippen molar-refractivity contribution >= 4 is 21.7 Å². The molecule has 0 N–H and O–H groups in total. The average molecular weight is 305 g/mol. The van der Waals surface area contributed by atoms with E-state index in [1.54, 1.807) is 12.1 Å². The van der Waals surface area contributed by atoms with E-state index in [1.165, 1.54) is 0 Å². The summed E-state index contributed by atoms with van der Waals surface area (Å²) >= 11 is 3.40. The van der Waals surface area contributed by atoms with Crippen LogP contribution < -0.4 is 4.74 Å².